The molecule has 0 amide bonds. The molecule has 0 atom stereocenters. The number of methoxy groups -OCH3 is 2. The highest BCUT2D eigenvalue weighted by Crippen LogP contribution is 2.22. The third-order valence-electron chi connectivity index (χ3n) is 5.02. The molecule has 1 saturated heterocycles. The Labute approximate surface area is 149 Å². The smallest absolute Gasteiger partial charge is 0.127 e. The van der Waals surface area contributed by atoms with Crippen LogP contribution in [0.3, 0.4) is 0 Å². The summed E-state index contributed by atoms with van der Waals surface area (Å²) in [6, 6.07) is 13.7. The predicted octanol–water partition coefficient (Wildman–Crippen LogP) is -0.107. The summed E-state index contributed by atoms with van der Waals surface area (Å²) in [6.45, 7) is 6.28. The first kappa shape index (κ1) is 17.6. The highest BCUT2D eigenvalue weighted by Gasteiger charge is 2.24. The van der Waals surface area contributed by atoms with Gasteiger partial charge in [-0.2, -0.15) is 0 Å². The van der Waals surface area contributed by atoms with Crippen molar-refractivity contribution in [3.8, 4) is 17.2 Å². The van der Waals surface area contributed by atoms with Crippen LogP contribution in [-0.2, 0) is 13.1 Å². The van der Waals surface area contributed by atoms with Crippen LogP contribution in [0.25, 0.3) is 0 Å². The number of para-hydroxylation sites is 1. The second-order valence-corrected chi connectivity index (χ2v) is 6.66. The van der Waals surface area contributed by atoms with Crippen molar-refractivity contribution in [2.24, 2.45) is 0 Å². The summed E-state index contributed by atoms with van der Waals surface area (Å²) in [5, 5.41) is 10.1. The van der Waals surface area contributed by atoms with Gasteiger partial charge in [0.2, 0.25) is 0 Å². The molecular weight excluding hydrogens is 316 g/mol. The van der Waals surface area contributed by atoms with E-state index in [1.165, 1.54) is 10.5 Å². The minimum absolute atomic E-state index is 0.358. The summed E-state index contributed by atoms with van der Waals surface area (Å²) in [5.41, 5.74) is 2.23. The number of hydrogen-bond acceptors (Lipinski definition) is 3. The summed E-state index contributed by atoms with van der Waals surface area (Å²) in [4.78, 5) is 3.09. The van der Waals surface area contributed by atoms with Gasteiger partial charge in [0, 0.05) is 5.56 Å². The van der Waals surface area contributed by atoms with Crippen molar-refractivity contribution in [1.82, 2.24) is 0 Å². The molecule has 5 nitrogen and oxygen atoms in total. The lowest BCUT2D eigenvalue weighted by atomic mass is 10.1. The standard InChI is InChI=1S/C20H26N2O3/c1-24-18-7-8-19(23)17(13-18)15-22-11-9-21(10-12-22)14-16-5-3-4-6-20(16)25-2/h3-8,13,23H,9-12,14-15H2,1-2H3/p+2. The van der Waals surface area contributed by atoms with Crippen LogP contribution < -0.4 is 19.3 Å². The highest BCUT2D eigenvalue weighted by atomic mass is 16.5. The first-order valence-corrected chi connectivity index (χ1v) is 8.84. The first-order chi connectivity index (χ1) is 12.2. The third-order valence-corrected chi connectivity index (χ3v) is 5.02. The SMILES string of the molecule is COc1ccc(O)c(C[NH+]2CC[NH+](Cc3ccccc3OC)CC2)c1. The number of benzene rings is 2. The van der Waals surface area contributed by atoms with E-state index < -0.39 is 0 Å². The maximum Gasteiger partial charge on any atom is 0.127 e. The minimum atomic E-state index is 0.358. The second kappa shape index (κ2) is 8.23. The van der Waals surface area contributed by atoms with Crippen LogP contribution in [0.5, 0.6) is 17.2 Å². The lowest BCUT2D eigenvalue weighted by Crippen LogP contribution is -3.27. The minimum Gasteiger partial charge on any atom is -0.507 e. The van der Waals surface area contributed by atoms with Crippen LogP contribution in [0.4, 0.5) is 0 Å². The fourth-order valence-corrected chi connectivity index (χ4v) is 3.53. The summed E-state index contributed by atoms with van der Waals surface area (Å²) in [6.07, 6.45) is 0. The fourth-order valence-electron chi connectivity index (χ4n) is 3.53. The summed E-state index contributed by atoms with van der Waals surface area (Å²) < 4.78 is 10.7. The van der Waals surface area contributed by atoms with E-state index in [-0.39, 0.29) is 0 Å². The lowest BCUT2D eigenvalue weighted by molar-refractivity contribution is -1.02. The molecule has 0 bridgehead atoms. The van der Waals surface area contributed by atoms with Crippen LogP contribution in [0.2, 0.25) is 0 Å². The third kappa shape index (κ3) is 4.44. The van der Waals surface area contributed by atoms with E-state index in [0.29, 0.717) is 5.75 Å². The van der Waals surface area contributed by atoms with Crippen LogP contribution >= 0.6 is 0 Å². The lowest BCUT2D eigenvalue weighted by Gasteiger charge is -2.30. The Morgan fingerprint density at radius 2 is 1.48 bits per heavy atom. The molecule has 0 unspecified atom stereocenters. The van der Waals surface area contributed by atoms with E-state index >= 15 is 0 Å². The number of phenolic OH excluding ortho intramolecular Hbond substituents is 1. The normalized spacial score (nSPS) is 20.2. The number of quaternary nitrogens is 2. The van der Waals surface area contributed by atoms with Gasteiger partial charge in [0.05, 0.1) is 19.8 Å². The van der Waals surface area contributed by atoms with Gasteiger partial charge >= 0.3 is 0 Å². The molecule has 1 aliphatic heterocycles. The van der Waals surface area contributed by atoms with Gasteiger partial charge in [-0.15, -0.1) is 0 Å². The number of phenols is 1. The largest absolute Gasteiger partial charge is 0.507 e. The second-order valence-electron chi connectivity index (χ2n) is 6.66. The highest BCUT2D eigenvalue weighted by molar-refractivity contribution is 5.38. The Hall–Kier alpha value is -2.24. The Bertz CT molecular complexity index is 697. The zero-order valence-electron chi connectivity index (χ0n) is 15.0. The van der Waals surface area contributed by atoms with Gasteiger partial charge in [0.25, 0.3) is 0 Å². The van der Waals surface area contributed by atoms with Crippen LogP contribution in [-0.4, -0.2) is 45.5 Å². The van der Waals surface area contributed by atoms with Gasteiger partial charge in [-0.3, -0.25) is 0 Å². The zero-order chi connectivity index (χ0) is 17.6. The van der Waals surface area contributed by atoms with E-state index in [4.69, 9.17) is 9.47 Å². The van der Waals surface area contributed by atoms with Crippen LogP contribution in [0.1, 0.15) is 11.1 Å². The zero-order valence-corrected chi connectivity index (χ0v) is 15.0. The number of rotatable bonds is 6. The number of aromatic hydroxyl groups is 1. The average molecular weight is 344 g/mol. The summed E-state index contributed by atoms with van der Waals surface area (Å²) in [5.74, 6) is 2.14. The topological polar surface area (TPSA) is 47.6 Å². The monoisotopic (exact) mass is 344 g/mol. The van der Waals surface area contributed by atoms with E-state index in [9.17, 15) is 5.11 Å². The van der Waals surface area contributed by atoms with Gasteiger partial charge in [0.15, 0.2) is 0 Å². The van der Waals surface area contributed by atoms with Crippen molar-refractivity contribution >= 4 is 0 Å². The Balaban J connectivity index is 1.55. The quantitative estimate of drug-likeness (QED) is 0.686. The van der Waals surface area contributed by atoms with E-state index in [0.717, 1.165) is 56.3 Å². The van der Waals surface area contributed by atoms with Gasteiger partial charge in [0.1, 0.15) is 56.5 Å². The molecule has 0 aromatic heterocycles. The van der Waals surface area contributed by atoms with Crippen molar-refractivity contribution in [3.63, 3.8) is 0 Å². The van der Waals surface area contributed by atoms with Crippen LogP contribution in [0, 0.1) is 0 Å². The molecular formula is C20H28N2O3+2. The number of piperazine rings is 1. The molecule has 134 valence electrons. The van der Waals surface area contributed by atoms with Gasteiger partial charge in [-0.05, 0) is 30.3 Å². The average Bonchev–Trinajstić information content (AvgIpc) is 2.65. The molecule has 2 aromatic rings. The van der Waals surface area contributed by atoms with Crippen molar-refractivity contribution in [1.29, 1.82) is 0 Å². The van der Waals surface area contributed by atoms with Gasteiger partial charge in [-0.25, -0.2) is 0 Å². The molecule has 0 saturated carbocycles. The number of nitrogens with one attached hydrogen (secondary N) is 2. The maximum atomic E-state index is 10.1. The molecule has 0 aliphatic carbocycles. The van der Waals surface area contributed by atoms with Gasteiger partial charge < -0.3 is 24.4 Å². The van der Waals surface area contributed by atoms with Crippen LogP contribution in [0.15, 0.2) is 42.5 Å². The molecule has 1 aliphatic rings. The van der Waals surface area contributed by atoms with E-state index in [2.05, 4.69) is 12.1 Å². The first-order valence-electron chi connectivity index (χ1n) is 8.84. The van der Waals surface area contributed by atoms with Gasteiger partial charge in [-0.1, -0.05) is 12.1 Å². The van der Waals surface area contributed by atoms with E-state index in [1.54, 1.807) is 31.3 Å². The molecule has 0 spiro atoms. The molecule has 1 fully saturated rings. The number of hydrogen-bond donors (Lipinski definition) is 3. The predicted molar refractivity (Wildman–Crippen MR) is 96.5 cm³/mol. The molecule has 3 rings (SSSR count). The summed E-state index contributed by atoms with van der Waals surface area (Å²) in [7, 11) is 3.39. The number of ether oxygens (including phenoxy) is 2. The molecule has 0 radical (unpaired) electrons. The molecule has 2 aromatic carbocycles. The molecule has 1 heterocycles. The van der Waals surface area contributed by atoms with Crippen molar-refractivity contribution in [2.45, 2.75) is 13.1 Å². The van der Waals surface area contributed by atoms with Crippen molar-refractivity contribution in [3.05, 3.63) is 53.6 Å². The summed E-state index contributed by atoms with van der Waals surface area (Å²) >= 11 is 0. The van der Waals surface area contributed by atoms with Crippen molar-refractivity contribution in [2.75, 3.05) is 40.4 Å². The molecule has 5 heteroatoms. The van der Waals surface area contributed by atoms with E-state index in [1.807, 2.05) is 18.2 Å². The molecule has 3 N–H and O–H groups in total. The van der Waals surface area contributed by atoms with Crippen molar-refractivity contribution < 1.29 is 24.4 Å². The molecule has 25 heavy (non-hydrogen) atoms. The fraction of sp³-hybridized carbons (Fsp3) is 0.400. The Kier molecular flexibility index (Phi) is 5.79. The maximum absolute atomic E-state index is 10.1. The Morgan fingerprint density at radius 1 is 0.840 bits per heavy atom. The Morgan fingerprint density at radius 3 is 2.12 bits per heavy atom.